The molecular formula is C16H21NOS. The van der Waals surface area contributed by atoms with Crippen LogP contribution in [-0.2, 0) is 19.6 Å². The van der Waals surface area contributed by atoms with E-state index in [1.165, 1.54) is 15.3 Å². The molecule has 0 radical (unpaired) electrons. The van der Waals surface area contributed by atoms with Crippen LogP contribution in [0.15, 0.2) is 36.4 Å². The molecule has 102 valence electrons. The molecule has 1 N–H and O–H groups in total. The Bertz CT molecular complexity index is 507. The number of hydrogen-bond acceptors (Lipinski definition) is 3. The Labute approximate surface area is 119 Å². The van der Waals surface area contributed by atoms with Crippen molar-refractivity contribution in [3.05, 3.63) is 51.7 Å². The second-order valence-corrected chi connectivity index (χ2v) is 5.65. The van der Waals surface area contributed by atoms with E-state index in [1.807, 2.05) is 23.5 Å². The van der Waals surface area contributed by atoms with Crippen LogP contribution in [0.4, 0.5) is 0 Å². The Hall–Kier alpha value is -1.32. The van der Waals surface area contributed by atoms with Gasteiger partial charge in [0.15, 0.2) is 0 Å². The minimum Gasteiger partial charge on any atom is -0.488 e. The maximum Gasteiger partial charge on any atom is 0.123 e. The average molecular weight is 275 g/mol. The van der Waals surface area contributed by atoms with Crippen molar-refractivity contribution < 1.29 is 4.74 Å². The van der Waals surface area contributed by atoms with Crippen LogP contribution in [0.1, 0.15) is 29.2 Å². The minimum atomic E-state index is 0.661. The average Bonchev–Trinajstić information content (AvgIpc) is 2.91. The Morgan fingerprint density at radius 3 is 2.63 bits per heavy atom. The quantitative estimate of drug-likeness (QED) is 0.824. The fourth-order valence-electron chi connectivity index (χ4n) is 1.93. The Morgan fingerprint density at radius 1 is 1.05 bits per heavy atom. The number of ether oxygens (including phenoxy) is 1. The van der Waals surface area contributed by atoms with Crippen LogP contribution in [-0.4, -0.2) is 6.54 Å². The van der Waals surface area contributed by atoms with Gasteiger partial charge in [0.05, 0.1) is 0 Å². The largest absolute Gasteiger partial charge is 0.488 e. The minimum absolute atomic E-state index is 0.661. The summed E-state index contributed by atoms with van der Waals surface area (Å²) in [6, 6.07) is 12.6. The molecule has 1 aromatic heterocycles. The van der Waals surface area contributed by atoms with E-state index in [4.69, 9.17) is 4.74 Å². The Balaban J connectivity index is 1.93. The Kier molecular flexibility index (Phi) is 5.43. The summed E-state index contributed by atoms with van der Waals surface area (Å²) in [6.45, 7) is 6.90. The SMILES string of the molecule is CCNCc1ccc(COc2ccccc2CC)s1. The van der Waals surface area contributed by atoms with Crippen LogP contribution >= 0.6 is 11.3 Å². The second-order valence-electron chi connectivity index (χ2n) is 4.40. The monoisotopic (exact) mass is 275 g/mol. The third kappa shape index (κ3) is 4.08. The number of hydrogen-bond donors (Lipinski definition) is 1. The zero-order valence-corrected chi connectivity index (χ0v) is 12.4. The van der Waals surface area contributed by atoms with E-state index < -0.39 is 0 Å². The van der Waals surface area contributed by atoms with Crippen molar-refractivity contribution in [2.75, 3.05) is 6.54 Å². The van der Waals surface area contributed by atoms with Crippen LogP contribution in [0, 0.1) is 0 Å². The van der Waals surface area contributed by atoms with Gasteiger partial charge in [-0.2, -0.15) is 0 Å². The number of rotatable bonds is 7. The summed E-state index contributed by atoms with van der Waals surface area (Å²) in [7, 11) is 0. The third-order valence-electron chi connectivity index (χ3n) is 2.99. The fraction of sp³-hybridized carbons (Fsp3) is 0.375. The number of nitrogens with one attached hydrogen (secondary N) is 1. The van der Waals surface area contributed by atoms with Crippen LogP contribution < -0.4 is 10.1 Å². The summed E-state index contributed by atoms with van der Waals surface area (Å²) in [6.07, 6.45) is 1.01. The molecule has 0 amide bonds. The molecule has 0 aliphatic carbocycles. The lowest BCUT2D eigenvalue weighted by Gasteiger charge is -2.08. The van der Waals surface area contributed by atoms with Gasteiger partial charge < -0.3 is 10.1 Å². The first-order chi connectivity index (χ1) is 9.33. The summed E-state index contributed by atoms with van der Waals surface area (Å²) < 4.78 is 5.92. The molecule has 0 saturated carbocycles. The molecule has 0 aliphatic heterocycles. The van der Waals surface area contributed by atoms with E-state index in [-0.39, 0.29) is 0 Å². The number of para-hydroxylation sites is 1. The Morgan fingerprint density at radius 2 is 1.84 bits per heavy atom. The lowest BCUT2D eigenvalue weighted by atomic mass is 10.1. The van der Waals surface area contributed by atoms with E-state index in [2.05, 4.69) is 43.4 Å². The van der Waals surface area contributed by atoms with Gasteiger partial charge in [-0.3, -0.25) is 0 Å². The van der Waals surface area contributed by atoms with Crippen molar-refractivity contribution in [3.8, 4) is 5.75 Å². The summed E-state index contributed by atoms with van der Waals surface area (Å²) in [5.41, 5.74) is 1.27. The molecule has 0 aliphatic rings. The van der Waals surface area contributed by atoms with Crippen molar-refractivity contribution in [2.24, 2.45) is 0 Å². The molecule has 0 unspecified atom stereocenters. The molecule has 3 heteroatoms. The number of thiophene rings is 1. The molecule has 2 nitrogen and oxygen atoms in total. The van der Waals surface area contributed by atoms with Crippen LogP contribution in [0.5, 0.6) is 5.75 Å². The molecule has 0 saturated heterocycles. The van der Waals surface area contributed by atoms with Crippen LogP contribution in [0.2, 0.25) is 0 Å². The predicted molar refractivity (Wildman–Crippen MR) is 81.9 cm³/mol. The van der Waals surface area contributed by atoms with Gasteiger partial charge in [-0.15, -0.1) is 11.3 Å². The molecule has 0 bridgehead atoms. The van der Waals surface area contributed by atoms with Gasteiger partial charge >= 0.3 is 0 Å². The summed E-state index contributed by atoms with van der Waals surface area (Å²) in [5, 5.41) is 3.34. The maximum absolute atomic E-state index is 5.92. The third-order valence-corrected chi connectivity index (χ3v) is 4.05. The standard InChI is InChI=1S/C16H21NOS/c1-3-13-7-5-6-8-16(13)18-12-15-10-9-14(19-15)11-17-4-2/h5-10,17H,3-4,11-12H2,1-2H3. The van der Waals surface area contributed by atoms with Gasteiger partial charge in [-0.25, -0.2) is 0 Å². The van der Waals surface area contributed by atoms with Crippen LogP contribution in [0.25, 0.3) is 0 Å². The summed E-state index contributed by atoms with van der Waals surface area (Å²) in [5.74, 6) is 1.01. The molecule has 19 heavy (non-hydrogen) atoms. The normalized spacial score (nSPS) is 10.6. The number of benzene rings is 1. The molecule has 0 spiro atoms. The molecule has 0 atom stereocenters. The molecular weight excluding hydrogens is 254 g/mol. The van der Waals surface area contributed by atoms with E-state index in [0.29, 0.717) is 6.61 Å². The smallest absolute Gasteiger partial charge is 0.123 e. The van der Waals surface area contributed by atoms with E-state index in [0.717, 1.165) is 25.3 Å². The van der Waals surface area contributed by atoms with Crippen molar-refractivity contribution in [3.63, 3.8) is 0 Å². The topological polar surface area (TPSA) is 21.3 Å². The zero-order valence-electron chi connectivity index (χ0n) is 11.6. The lowest BCUT2D eigenvalue weighted by molar-refractivity contribution is 0.306. The van der Waals surface area contributed by atoms with Crippen molar-refractivity contribution in [2.45, 2.75) is 33.4 Å². The van der Waals surface area contributed by atoms with Gasteiger partial charge in [0.25, 0.3) is 0 Å². The molecule has 2 rings (SSSR count). The van der Waals surface area contributed by atoms with E-state index in [9.17, 15) is 0 Å². The van der Waals surface area contributed by atoms with E-state index in [1.54, 1.807) is 0 Å². The summed E-state index contributed by atoms with van der Waals surface area (Å²) in [4.78, 5) is 2.64. The van der Waals surface area contributed by atoms with Gasteiger partial charge in [-0.1, -0.05) is 32.0 Å². The predicted octanol–water partition coefficient (Wildman–Crippen LogP) is 4.00. The highest BCUT2D eigenvalue weighted by atomic mass is 32.1. The molecule has 2 aromatic rings. The highest BCUT2D eigenvalue weighted by molar-refractivity contribution is 7.11. The van der Waals surface area contributed by atoms with Crippen molar-refractivity contribution in [1.29, 1.82) is 0 Å². The molecule has 1 aromatic carbocycles. The maximum atomic E-state index is 5.92. The highest BCUT2D eigenvalue weighted by Gasteiger charge is 2.03. The second kappa shape index (κ2) is 7.31. The lowest BCUT2D eigenvalue weighted by Crippen LogP contribution is -2.10. The van der Waals surface area contributed by atoms with Gasteiger partial charge in [0.1, 0.15) is 12.4 Å². The first-order valence-corrected chi connectivity index (χ1v) is 7.64. The summed E-state index contributed by atoms with van der Waals surface area (Å²) >= 11 is 1.82. The molecule has 1 heterocycles. The van der Waals surface area contributed by atoms with Gasteiger partial charge in [0, 0.05) is 16.3 Å². The van der Waals surface area contributed by atoms with E-state index >= 15 is 0 Å². The zero-order chi connectivity index (χ0) is 13.5. The first-order valence-electron chi connectivity index (χ1n) is 6.82. The molecule has 0 fully saturated rings. The van der Waals surface area contributed by atoms with Gasteiger partial charge in [0.2, 0.25) is 0 Å². The fourth-order valence-corrected chi connectivity index (χ4v) is 2.83. The highest BCUT2D eigenvalue weighted by Crippen LogP contribution is 2.22. The van der Waals surface area contributed by atoms with Gasteiger partial charge in [-0.05, 0) is 36.7 Å². The van der Waals surface area contributed by atoms with Crippen LogP contribution in [0.3, 0.4) is 0 Å². The van der Waals surface area contributed by atoms with Crippen molar-refractivity contribution >= 4 is 11.3 Å². The number of aryl methyl sites for hydroxylation is 1. The first kappa shape index (κ1) is 14.1. The van der Waals surface area contributed by atoms with Crippen molar-refractivity contribution in [1.82, 2.24) is 5.32 Å².